The van der Waals surface area contributed by atoms with Gasteiger partial charge in [-0.1, -0.05) is 42.6 Å². The van der Waals surface area contributed by atoms with Gasteiger partial charge in [0.05, 0.1) is 10.8 Å². The molecule has 14 heteroatoms. The molecule has 0 radical (unpaired) electrons. The topological polar surface area (TPSA) is 118 Å². The summed E-state index contributed by atoms with van der Waals surface area (Å²) in [6.45, 7) is 0. The van der Waals surface area contributed by atoms with Crippen LogP contribution in [0.2, 0.25) is 0 Å². The van der Waals surface area contributed by atoms with Crippen molar-refractivity contribution in [2.45, 2.75) is 10.8 Å². The maximum Gasteiger partial charge on any atom is 2.00 e. The fraction of sp³-hybridized carbons (Fsp3) is 0.0833. The molecular weight excluding hydrogens is 1130 g/mol. The van der Waals surface area contributed by atoms with Crippen LogP contribution >= 0.6 is 0 Å². The summed E-state index contributed by atoms with van der Waals surface area (Å²) >= 11 is 0. The van der Waals surface area contributed by atoms with E-state index in [1.807, 2.05) is 143 Å². The van der Waals surface area contributed by atoms with Crippen molar-refractivity contribution in [2.24, 2.45) is 0 Å². The Morgan fingerprint density at radius 3 is 1.16 bits per heavy atom. The van der Waals surface area contributed by atoms with Gasteiger partial charge in [-0.25, -0.2) is 0 Å². The van der Waals surface area contributed by atoms with Gasteiger partial charge in [-0.3, -0.25) is 19.9 Å². The van der Waals surface area contributed by atoms with Crippen LogP contribution in [0.4, 0.5) is 11.4 Å². The molecule has 0 atom stereocenters. The van der Waals surface area contributed by atoms with Crippen LogP contribution in [0.3, 0.4) is 0 Å². The van der Waals surface area contributed by atoms with Gasteiger partial charge >= 0.3 is 54.1 Å². The van der Waals surface area contributed by atoms with E-state index >= 15 is 0 Å². The molecule has 0 bridgehead atoms. The summed E-state index contributed by atoms with van der Waals surface area (Å²) in [5.74, 6) is 0. The van der Waals surface area contributed by atoms with E-state index in [4.69, 9.17) is 0 Å². The minimum atomic E-state index is -0.640. The number of benzene rings is 2. The van der Waals surface area contributed by atoms with E-state index in [0.717, 1.165) is 78.4 Å². The maximum absolute atomic E-state index is 4.52. The molecule has 8 heterocycles. The van der Waals surface area contributed by atoms with Crippen molar-refractivity contribution >= 4 is 23.4 Å². The minimum absolute atomic E-state index is 0. The monoisotopic (exact) mass is 1170 g/mol. The van der Waals surface area contributed by atoms with Gasteiger partial charge in [0.2, 0.25) is 12.4 Å². The second-order valence-corrected chi connectivity index (χ2v) is 14.7. The molecule has 0 spiro atoms. The van der Waals surface area contributed by atoms with Crippen LogP contribution in [-0.2, 0) is 53.0 Å². The Morgan fingerprint density at radius 2 is 0.855 bits per heavy atom. The van der Waals surface area contributed by atoms with E-state index < -0.39 is 10.8 Å². The van der Waals surface area contributed by atoms with Crippen LogP contribution in [0.15, 0.2) is 160 Å². The molecule has 12 nitrogen and oxygen atoms in total. The van der Waals surface area contributed by atoms with Crippen LogP contribution in [-0.4, -0.2) is 74.5 Å². The average molecular weight is 1170 g/mol. The van der Waals surface area contributed by atoms with Crippen molar-refractivity contribution in [3.8, 4) is 22.3 Å². The summed E-state index contributed by atoms with van der Waals surface area (Å²) in [7, 11) is 3.90. The van der Waals surface area contributed by atoms with Crippen LogP contribution < -0.4 is 10.2 Å². The van der Waals surface area contributed by atoms with E-state index in [1.165, 1.54) is 0 Å². The number of pyridine rings is 4. The Bertz CT molecular complexity index is 2920. The van der Waals surface area contributed by atoms with Crippen LogP contribution in [0.5, 0.6) is 0 Å². The first-order chi connectivity index (χ1) is 29.6. The maximum atomic E-state index is 4.52. The summed E-state index contributed by atoms with van der Waals surface area (Å²) in [5.41, 5.74) is 12.9. The fourth-order valence-corrected chi connectivity index (χ4v) is 9.02. The summed E-state index contributed by atoms with van der Waals surface area (Å²) in [4.78, 5) is 17.5. The molecule has 0 amide bonds. The van der Waals surface area contributed by atoms with Crippen LogP contribution in [0, 0.1) is 12.1 Å². The average Bonchev–Trinajstić information content (AvgIpc) is 4.17. The van der Waals surface area contributed by atoms with Gasteiger partial charge in [-0.2, -0.15) is 36.7 Å². The first-order valence-electron chi connectivity index (χ1n) is 19.2. The van der Waals surface area contributed by atoms with Gasteiger partial charge in [0, 0.05) is 83.2 Å². The van der Waals surface area contributed by atoms with Gasteiger partial charge in [0.1, 0.15) is 11.4 Å². The van der Waals surface area contributed by atoms with Crippen LogP contribution in [0.1, 0.15) is 44.8 Å². The van der Waals surface area contributed by atoms with Crippen molar-refractivity contribution in [1.82, 2.24) is 40.3 Å². The number of fused-ring (bicyclic) bond motifs is 6. The van der Waals surface area contributed by atoms with Gasteiger partial charge in [0.15, 0.2) is 14.1 Å². The van der Waals surface area contributed by atoms with Crippen molar-refractivity contribution in [3.63, 3.8) is 0 Å². The molecule has 8 aromatic rings. The third-order valence-electron chi connectivity index (χ3n) is 11.5. The molecule has 0 saturated carbocycles. The summed E-state index contributed by atoms with van der Waals surface area (Å²) in [5, 5.41) is 17.4. The Balaban J connectivity index is 0.000000153. The van der Waals surface area contributed by atoms with Crippen molar-refractivity contribution < 1.29 is 60.4 Å². The molecule has 0 N–H and O–H groups in total. The quantitative estimate of drug-likeness (QED) is 0.150. The van der Waals surface area contributed by atoms with Crippen molar-refractivity contribution in [3.05, 3.63) is 216 Å². The molecule has 62 heavy (non-hydrogen) atoms. The second-order valence-electron chi connectivity index (χ2n) is 14.7. The molecular formula is C48H32N12Pt2+4. The van der Waals surface area contributed by atoms with Gasteiger partial charge in [-0.05, 0) is 46.5 Å². The molecule has 300 valence electrons. The third-order valence-corrected chi connectivity index (χ3v) is 11.5. The molecule has 0 unspecified atom stereocenters. The Hall–Kier alpha value is -6.92. The molecule has 0 saturated heterocycles. The Kier molecular flexibility index (Phi) is 10.6. The Labute approximate surface area is 385 Å². The van der Waals surface area contributed by atoms with Crippen molar-refractivity contribution in [1.29, 1.82) is 0 Å². The predicted octanol–water partition coefficient (Wildman–Crippen LogP) is 5.87. The molecule has 2 aliphatic heterocycles. The molecule has 2 aromatic carbocycles. The number of hydrogen-bond acceptors (Lipinski definition) is 6. The predicted molar refractivity (Wildman–Crippen MR) is 219 cm³/mol. The zero-order chi connectivity index (χ0) is 40.3. The number of aromatic nitrogens is 8. The van der Waals surface area contributed by atoms with Gasteiger partial charge in [-0.15, -0.1) is 23.3 Å². The summed E-state index contributed by atoms with van der Waals surface area (Å²) in [6.07, 6.45) is 26.2. The Morgan fingerprint density at radius 1 is 0.484 bits per heavy atom. The number of rotatable bonds is 6. The zero-order valence-corrected chi connectivity index (χ0v) is 37.6. The van der Waals surface area contributed by atoms with E-state index in [9.17, 15) is 0 Å². The van der Waals surface area contributed by atoms with E-state index in [2.05, 4.69) is 101 Å². The third kappa shape index (κ3) is 6.14. The normalized spacial score (nSPS) is 15.0. The minimum Gasteiger partial charge on any atom is -0.581 e. The molecule has 4 aliphatic rings. The van der Waals surface area contributed by atoms with Gasteiger partial charge in [0.25, 0.3) is 12.4 Å². The largest absolute Gasteiger partial charge is 2.00 e. The second kappa shape index (κ2) is 16.2. The summed E-state index contributed by atoms with van der Waals surface area (Å²) in [6, 6.07) is 38.3. The van der Waals surface area contributed by atoms with E-state index in [1.54, 1.807) is 12.4 Å². The smallest absolute Gasteiger partial charge is 0.581 e. The fourth-order valence-electron chi connectivity index (χ4n) is 9.02. The van der Waals surface area contributed by atoms with E-state index in [0.29, 0.717) is 0 Å². The SMILES string of the molecule is C[N+]1=C=[N+](c2[c-]c(C3(c4cc[n-]n4)c4ccncc4-c4cnccc43)ccc2)C=C1.C[N+]1=C=[N+](c2[c-]c(C3(c4cc[n-]n4)c4ccncc4-c4cnccc43)ccc2)C=C1.[Pt+2].[Pt+2]. The van der Waals surface area contributed by atoms with Crippen LogP contribution in [0.25, 0.3) is 22.3 Å². The molecule has 0 fully saturated rings. The molecule has 12 rings (SSSR count). The first-order valence-corrected chi connectivity index (χ1v) is 19.2. The van der Waals surface area contributed by atoms with Crippen molar-refractivity contribution in [2.75, 3.05) is 14.1 Å². The van der Waals surface area contributed by atoms with Gasteiger partial charge < -0.3 is 20.4 Å². The number of nitrogens with zero attached hydrogens (tertiary/aromatic N) is 12. The standard InChI is InChI=1S/2C24H16N6.2Pt/c2*1-29-11-12-30(16-29)18-4-2-3-17(13-18)24(23-7-10-27-28-23)21-5-8-25-14-19(21)20-15-26-9-6-22(20)24;;/h2*2-12,14-15H,1H3;;/q;;2*+2. The molecule has 2 aliphatic carbocycles. The van der Waals surface area contributed by atoms with E-state index in [-0.39, 0.29) is 42.1 Å². The molecule has 6 aromatic heterocycles. The first kappa shape index (κ1) is 40.5. The summed E-state index contributed by atoms with van der Waals surface area (Å²) < 4.78 is 7.64. The zero-order valence-electron chi connectivity index (χ0n) is 33.0. The number of hydrogen-bond donors (Lipinski definition) is 0.